The van der Waals surface area contributed by atoms with Gasteiger partial charge in [-0.2, -0.15) is 4.98 Å². The maximum Gasteiger partial charge on any atom is 0.240 e. The molecule has 0 radical (unpaired) electrons. The zero-order valence-electron chi connectivity index (χ0n) is 12.2. The molecule has 0 saturated heterocycles. The zero-order chi connectivity index (χ0) is 14.7. The predicted molar refractivity (Wildman–Crippen MR) is 77.1 cm³/mol. The molecule has 1 unspecified atom stereocenters. The molecule has 1 aromatic heterocycles. The number of methoxy groups -OCH3 is 2. The van der Waals surface area contributed by atoms with Gasteiger partial charge < -0.3 is 15.2 Å². The molecule has 0 fully saturated rings. The molecule has 5 heteroatoms. The minimum atomic E-state index is -0.385. The van der Waals surface area contributed by atoms with E-state index in [1.54, 1.807) is 13.3 Å². The quantitative estimate of drug-likeness (QED) is 0.924. The summed E-state index contributed by atoms with van der Waals surface area (Å²) in [6, 6.07) is 5.76. The fourth-order valence-corrected chi connectivity index (χ4v) is 2.15. The van der Waals surface area contributed by atoms with Crippen LogP contribution in [0.5, 0.6) is 11.8 Å². The normalized spacial score (nSPS) is 12.1. The van der Waals surface area contributed by atoms with Crippen molar-refractivity contribution in [1.82, 2.24) is 9.97 Å². The van der Waals surface area contributed by atoms with Gasteiger partial charge in [0, 0.05) is 0 Å². The highest BCUT2D eigenvalue weighted by atomic mass is 16.5. The van der Waals surface area contributed by atoms with Gasteiger partial charge in [0.15, 0.2) is 0 Å². The molecule has 1 atom stereocenters. The van der Waals surface area contributed by atoms with Gasteiger partial charge in [-0.3, -0.25) is 0 Å². The van der Waals surface area contributed by atoms with E-state index < -0.39 is 0 Å². The Morgan fingerprint density at radius 2 is 1.90 bits per heavy atom. The fourth-order valence-electron chi connectivity index (χ4n) is 2.15. The van der Waals surface area contributed by atoms with Crippen LogP contribution in [0.3, 0.4) is 0 Å². The molecule has 2 N–H and O–H groups in total. The van der Waals surface area contributed by atoms with Crippen LogP contribution in [0, 0.1) is 13.8 Å². The van der Waals surface area contributed by atoms with Gasteiger partial charge in [0.25, 0.3) is 0 Å². The third-order valence-electron chi connectivity index (χ3n) is 3.20. The SMILES string of the molecule is COc1cnc(C(N)c2ccc(C)cc2C)c(OC)n1. The van der Waals surface area contributed by atoms with E-state index in [4.69, 9.17) is 15.2 Å². The second-order valence-electron chi connectivity index (χ2n) is 4.64. The first-order valence-corrected chi connectivity index (χ1v) is 6.34. The standard InChI is InChI=1S/C15H19N3O2/c1-9-5-6-11(10(2)7-9)13(16)14-15(20-4)18-12(19-3)8-17-14/h5-8,13H,16H2,1-4H3. The van der Waals surface area contributed by atoms with E-state index in [1.807, 2.05) is 19.1 Å². The summed E-state index contributed by atoms with van der Waals surface area (Å²) in [7, 11) is 3.08. The average Bonchev–Trinajstić information content (AvgIpc) is 2.46. The molecule has 2 rings (SSSR count). The van der Waals surface area contributed by atoms with Crippen LogP contribution in [0.25, 0.3) is 0 Å². The monoisotopic (exact) mass is 273 g/mol. The summed E-state index contributed by atoms with van der Waals surface area (Å²) in [6.45, 7) is 4.09. The molecule has 0 aliphatic heterocycles. The van der Waals surface area contributed by atoms with Gasteiger partial charge in [0.05, 0.1) is 26.5 Å². The summed E-state index contributed by atoms with van der Waals surface area (Å²) in [5, 5.41) is 0. The number of aromatic nitrogens is 2. The van der Waals surface area contributed by atoms with Gasteiger partial charge in [-0.05, 0) is 25.0 Å². The first kappa shape index (κ1) is 14.3. The van der Waals surface area contributed by atoms with E-state index in [-0.39, 0.29) is 6.04 Å². The molecular formula is C15H19N3O2. The van der Waals surface area contributed by atoms with Crippen molar-refractivity contribution in [2.24, 2.45) is 5.73 Å². The van der Waals surface area contributed by atoms with Crippen LogP contribution in [-0.2, 0) is 0 Å². The van der Waals surface area contributed by atoms with Crippen molar-refractivity contribution < 1.29 is 9.47 Å². The summed E-state index contributed by atoms with van der Waals surface area (Å²) in [5.41, 5.74) is 10.2. The predicted octanol–water partition coefficient (Wildman–Crippen LogP) is 2.16. The van der Waals surface area contributed by atoms with Crippen molar-refractivity contribution in [3.05, 3.63) is 46.8 Å². The molecule has 2 aromatic rings. The highest BCUT2D eigenvalue weighted by Crippen LogP contribution is 2.28. The van der Waals surface area contributed by atoms with Crippen LogP contribution in [-0.4, -0.2) is 24.2 Å². The molecular weight excluding hydrogens is 254 g/mol. The van der Waals surface area contributed by atoms with E-state index in [1.165, 1.54) is 12.7 Å². The highest BCUT2D eigenvalue weighted by Gasteiger charge is 2.19. The largest absolute Gasteiger partial charge is 0.480 e. The van der Waals surface area contributed by atoms with Crippen molar-refractivity contribution in [2.45, 2.75) is 19.9 Å². The minimum Gasteiger partial charge on any atom is -0.480 e. The van der Waals surface area contributed by atoms with Crippen LogP contribution < -0.4 is 15.2 Å². The van der Waals surface area contributed by atoms with E-state index in [0.29, 0.717) is 17.5 Å². The van der Waals surface area contributed by atoms with E-state index >= 15 is 0 Å². The number of ether oxygens (including phenoxy) is 2. The molecule has 5 nitrogen and oxygen atoms in total. The molecule has 1 aromatic carbocycles. The molecule has 106 valence electrons. The molecule has 0 bridgehead atoms. The Morgan fingerprint density at radius 3 is 2.50 bits per heavy atom. The summed E-state index contributed by atoms with van der Waals surface area (Å²) in [5.74, 6) is 0.787. The van der Waals surface area contributed by atoms with Crippen LogP contribution in [0.2, 0.25) is 0 Å². The Balaban J connectivity index is 2.44. The van der Waals surface area contributed by atoms with Crippen LogP contribution in [0.1, 0.15) is 28.4 Å². The summed E-state index contributed by atoms with van der Waals surface area (Å²) < 4.78 is 10.3. The lowest BCUT2D eigenvalue weighted by Crippen LogP contribution is -2.17. The molecule has 0 aliphatic rings. The smallest absolute Gasteiger partial charge is 0.240 e. The average molecular weight is 273 g/mol. The van der Waals surface area contributed by atoms with Crippen LogP contribution in [0.15, 0.2) is 24.4 Å². The fraction of sp³-hybridized carbons (Fsp3) is 0.333. The highest BCUT2D eigenvalue weighted by molar-refractivity contribution is 5.39. The first-order chi connectivity index (χ1) is 9.56. The Hall–Kier alpha value is -2.14. The Kier molecular flexibility index (Phi) is 4.20. The molecule has 1 heterocycles. The summed E-state index contributed by atoms with van der Waals surface area (Å²) >= 11 is 0. The summed E-state index contributed by atoms with van der Waals surface area (Å²) in [4.78, 5) is 8.54. The lowest BCUT2D eigenvalue weighted by molar-refractivity contribution is 0.355. The molecule has 20 heavy (non-hydrogen) atoms. The Labute approximate surface area is 118 Å². The van der Waals surface area contributed by atoms with Crippen LogP contribution in [0.4, 0.5) is 0 Å². The van der Waals surface area contributed by atoms with Crippen molar-refractivity contribution in [3.63, 3.8) is 0 Å². The molecule has 0 spiro atoms. The van der Waals surface area contributed by atoms with Gasteiger partial charge in [0.2, 0.25) is 11.8 Å². The lowest BCUT2D eigenvalue weighted by Gasteiger charge is -2.17. The number of nitrogens with zero attached hydrogens (tertiary/aromatic N) is 2. The zero-order valence-corrected chi connectivity index (χ0v) is 12.2. The van der Waals surface area contributed by atoms with Crippen LogP contribution >= 0.6 is 0 Å². The molecule has 0 amide bonds. The Morgan fingerprint density at radius 1 is 1.15 bits per heavy atom. The topological polar surface area (TPSA) is 70.3 Å². The van der Waals surface area contributed by atoms with Gasteiger partial charge >= 0.3 is 0 Å². The minimum absolute atomic E-state index is 0.385. The third kappa shape index (κ3) is 2.72. The van der Waals surface area contributed by atoms with E-state index in [9.17, 15) is 0 Å². The van der Waals surface area contributed by atoms with Crippen molar-refractivity contribution in [1.29, 1.82) is 0 Å². The number of nitrogens with two attached hydrogens (primary N) is 1. The number of aryl methyl sites for hydroxylation is 2. The van der Waals surface area contributed by atoms with E-state index in [0.717, 1.165) is 11.1 Å². The van der Waals surface area contributed by atoms with E-state index in [2.05, 4.69) is 23.0 Å². The Bertz CT molecular complexity index is 614. The third-order valence-corrected chi connectivity index (χ3v) is 3.20. The number of benzene rings is 1. The second-order valence-corrected chi connectivity index (χ2v) is 4.64. The van der Waals surface area contributed by atoms with Crippen molar-refractivity contribution >= 4 is 0 Å². The van der Waals surface area contributed by atoms with Gasteiger partial charge in [-0.1, -0.05) is 23.8 Å². The summed E-state index contributed by atoms with van der Waals surface area (Å²) in [6.07, 6.45) is 1.54. The van der Waals surface area contributed by atoms with Crippen molar-refractivity contribution in [3.8, 4) is 11.8 Å². The number of rotatable bonds is 4. The molecule has 0 aliphatic carbocycles. The second kappa shape index (κ2) is 5.88. The number of hydrogen-bond donors (Lipinski definition) is 1. The van der Waals surface area contributed by atoms with Gasteiger partial charge in [0.1, 0.15) is 5.69 Å². The van der Waals surface area contributed by atoms with Gasteiger partial charge in [-0.25, -0.2) is 4.98 Å². The number of hydrogen-bond acceptors (Lipinski definition) is 5. The maximum absolute atomic E-state index is 6.31. The van der Waals surface area contributed by atoms with Gasteiger partial charge in [-0.15, -0.1) is 0 Å². The maximum atomic E-state index is 6.31. The lowest BCUT2D eigenvalue weighted by atomic mass is 9.97. The first-order valence-electron chi connectivity index (χ1n) is 6.34. The molecule has 0 saturated carbocycles. The van der Waals surface area contributed by atoms with Crippen molar-refractivity contribution in [2.75, 3.05) is 14.2 Å².